The van der Waals surface area contributed by atoms with Crippen LogP contribution >= 0.6 is 0 Å². The second-order valence-corrected chi connectivity index (χ2v) is 7.02. The fourth-order valence-electron chi connectivity index (χ4n) is 3.55. The molecule has 3 rings (SSSR count). The second kappa shape index (κ2) is 9.00. The molecule has 1 fully saturated rings. The fraction of sp³-hybridized carbons (Fsp3) is 0.455. The van der Waals surface area contributed by atoms with Gasteiger partial charge in [-0.25, -0.2) is 0 Å². The van der Waals surface area contributed by atoms with Crippen molar-refractivity contribution in [3.8, 4) is 0 Å². The average Bonchev–Trinajstić information content (AvgIpc) is 2.64. The van der Waals surface area contributed by atoms with Crippen molar-refractivity contribution in [1.29, 1.82) is 0 Å². The minimum absolute atomic E-state index is 0.196. The van der Waals surface area contributed by atoms with E-state index in [4.69, 9.17) is 9.47 Å². The third kappa shape index (κ3) is 5.19. The zero-order valence-corrected chi connectivity index (χ0v) is 14.5. The van der Waals surface area contributed by atoms with Crippen LogP contribution in [0.4, 0.5) is 0 Å². The molecule has 1 aliphatic rings. The van der Waals surface area contributed by atoms with E-state index in [1.807, 2.05) is 12.1 Å². The maximum atomic E-state index is 6.09. The van der Waals surface area contributed by atoms with E-state index in [0.29, 0.717) is 13.2 Å². The summed E-state index contributed by atoms with van der Waals surface area (Å²) in [6.07, 6.45) is 6.37. The standard InChI is InChI=1S/C22H28O2/c1-4-10-20(11-5-1)16-23-18-22(14-8-3-9-15-22)19-24-17-21-12-6-2-7-13-21/h1-2,4-7,10-13H,3,8-9,14-19H2. The van der Waals surface area contributed by atoms with Crippen molar-refractivity contribution in [2.24, 2.45) is 5.41 Å². The predicted molar refractivity (Wildman–Crippen MR) is 97.7 cm³/mol. The Hall–Kier alpha value is -1.64. The zero-order valence-electron chi connectivity index (χ0n) is 14.5. The molecular weight excluding hydrogens is 296 g/mol. The Balaban J connectivity index is 1.50. The van der Waals surface area contributed by atoms with Gasteiger partial charge < -0.3 is 9.47 Å². The van der Waals surface area contributed by atoms with E-state index in [9.17, 15) is 0 Å². The molecule has 2 heteroatoms. The molecule has 0 heterocycles. The van der Waals surface area contributed by atoms with Gasteiger partial charge in [0.1, 0.15) is 0 Å². The molecule has 0 bridgehead atoms. The van der Waals surface area contributed by atoms with Gasteiger partial charge in [-0.3, -0.25) is 0 Å². The summed E-state index contributed by atoms with van der Waals surface area (Å²) in [6, 6.07) is 20.9. The molecule has 0 aromatic heterocycles. The van der Waals surface area contributed by atoms with Crippen LogP contribution in [0.1, 0.15) is 43.2 Å². The van der Waals surface area contributed by atoms with Crippen molar-refractivity contribution in [2.75, 3.05) is 13.2 Å². The Morgan fingerprint density at radius 1 is 0.625 bits per heavy atom. The molecule has 1 saturated carbocycles. The number of hydrogen-bond donors (Lipinski definition) is 0. The predicted octanol–water partition coefficient (Wildman–Crippen LogP) is 5.37. The lowest BCUT2D eigenvalue weighted by atomic mass is 9.75. The quantitative estimate of drug-likeness (QED) is 0.650. The van der Waals surface area contributed by atoms with Gasteiger partial charge in [-0.15, -0.1) is 0 Å². The molecular formula is C22H28O2. The second-order valence-electron chi connectivity index (χ2n) is 7.02. The summed E-state index contributed by atoms with van der Waals surface area (Å²) >= 11 is 0. The molecule has 24 heavy (non-hydrogen) atoms. The molecule has 2 aromatic rings. The largest absolute Gasteiger partial charge is 0.376 e. The Morgan fingerprint density at radius 3 is 1.54 bits per heavy atom. The Bertz CT molecular complexity index is 526. The molecule has 0 saturated heterocycles. The van der Waals surface area contributed by atoms with E-state index in [1.165, 1.54) is 43.2 Å². The van der Waals surface area contributed by atoms with E-state index in [2.05, 4.69) is 48.5 Å². The van der Waals surface area contributed by atoms with Crippen molar-refractivity contribution < 1.29 is 9.47 Å². The Morgan fingerprint density at radius 2 is 1.08 bits per heavy atom. The van der Waals surface area contributed by atoms with Crippen molar-refractivity contribution in [2.45, 2.75) is 45.3 Å². The van der Waals surface area contributed by atoms with Crippen LogP contribution in [0.5, 0.6) is 0 Å². The first-order chi connectivity index (χ1) is 11.9. The van der Waals surface area contributed by atoms with Crippen molar-refractivity contribution in [1.82, 2.24) is 0 Å². The molecule has 0 N–H and O–H groups in total. The van der Waals surface area contributed by atoms with Crippen LogP contribution in [0.25, 0.3) is 0 Å². The monoisotopic (exact) mass is 324 g/mol. The zero-order chi connectivity index (χ0) is 16.5. The van der Waals surface area contributed by atoms with E-state index in [-0.39, 0.29) is 5.41 Å². The van der Waals surface area contributed by atoms with Gasteiger partial charge >= 0.3 is 0 Å². The smallest absolute Gasteiger partial charge is 0.0717 e. The van der Waals surface area contributed by atoms with E-state index in [0.717, 1.165) is 13.2 Å². The van der Waals surface area contributed by atoms with E-state index in [1.54, 1.807) is 0 Å². The van der Waals surface area contributed by atoms with Gasteiger partial charge in [-0.05, 0) is 24.0 Å². The number of rotatable bonds is 8. The van der Waals surface area contributed by atoms with Crippen LogP contribution < -0.4 is 0 Å². The number of benzene rings is 2. The van der Waals surface area contributed by atoms with Crippen LogP contribution in [0.2, 0.25) is 0 Å². The fourth-order valence-corrected chi connectivity index (χ4v) is 3.55. The minimum atomic E-state index is 0.196. The number of hydrogen-bond acceptors (Lipinski definition) is 2. The van der Waals surface area contributed by atoms with Gasteiger partial charge in [0.2, 0.25) is 0 Å². The van der Waals surface area contributed by atoms with Crippen LogP contribution in [0.15, 0.2) is 60.7 Å². The van der Waals surface area contributed by atoms with Gasteiger partial charge in [0.25, 0.3) is 0 Å². The highest BCUT2D eigenvalue weighted by Crippen LogP contribution is 2.37. The molecule has 0 aliphatic heterocycles. The highest BCUT2D eigenvalue weighted by molar-refractivity contribution is 5.14. The van der Waals surface area contributed by atoms with Gasteiger partial charge in [0, 0.05) is 5.41 Å². The lowest BCUT2D eigenvalue weighted by molar-refractivity contribution is -0.0513. The molecule has 0 radical (unpaired) electrons. The summed E-state index contributed by atoms with van der Waals surface area (Å²) in [6.45, 7) is 3.00. The molecule has 1 aliphatic carbocycles. The summed E-state index contributed by atoms with van der Waals surface area (Å²) in [4.78, 5) is 0. The summed E-state index contributed by atoms with van der Waals surface area (Å²) in [5.74, 6) is 0. The minimum Gasteiger partial charge on any atom is -0.376 e. The van der Waals surface area contributed by atoms with Crippen LogP contribution in [0, 0.1) is 5.41 Å². The van der Waals surface area contributed by atoms with E-state index >= 15 is 0 Å². The van der Waals surface area contributed by atoms with Crippen molar-refractivity contribution in [3.63, 3.8) is 0 Å². The van der Waals surface area contributed by atoms with Gasteiger partial charge in [-0.1, -0.05) is 79.9 Å². The third-order valence-electron chi connectivity index (χ3n) is 4.95. The molecule has 128 valence electrons. The summed E-state index contributed by atoms with van der Waals surface area (Å²) in [5.41, 5.74) is 2.68. The van der Waals surface area contributed by atoms with E-state index < -0.39 is 0 Å². The molecule has 2 nitrogen and oxygen atoms in total. The van der Waals surface area contributed by atoms with Gasteiger partial charge in [0.15, 0.2) is 0 Å². The lowest BCUT2D eigenvalue weighted by Crippen LogP contribution is -2.34. The highest BCUT2D eigenvalue weighted by atomic mass is 16.5. The van der Waals surface area contributed by atoms with Crippen molar-refractivity contribution >= 4 is 0 Å². The third-order valence-corrected chi connectivity index (χ3v) is 4.95. The van der Waals surface area contributed by atoms with Crippen LogP contribution in [0.3, 0.4) is 0 Å². The van der Waals surface area contributed by atoms with Crippen LogP contribution in [-0.2, 0) is 22.7 Å². The SMILES string of the molecule is c1ccc(COCC2(COCc3ccccc3)CCCCC2)cc1. The molecule has 2 aromatic carbocycles. The summed E-state index contributed by atoms with van der Waals surface area (Å²) in [5, 5.41) is 0. The summed E-state index contributed by atoms with van der Waals surface area (Å²) < 4.78 is 12.2. The highest BCUT2D eigenvalue weighted by Gasteiger charge is 2.32. The maximum Gasteiger partial charge on any atom is 0.0717 e. The normalized spacial score (nSPS) is 16.8. The first-order valence-electron chi connectivity index (χ1n) is 9.10. The van der Waals surface area contributed by atoms with Crippen LogP contribution in [-0.4, -0.2) is 13.2 Å². The topological polar surface area (TPSA) is 18.5 Å². The first-order valence-corrected chi connectivity index (χ1v) is 9.10. The first kappa shape index (κ1) is 17.2. The lowest BCUT2D eigenvalue weighted by Gasteiger charge is -2.36. The Labute approximate surface area is 145 Å². The molecule has 0 amide bonds. The summed E-state index contributed by atoms with van der Waals surface area (Å²) in [7, 11) is 0. The average molecular weight is 324 g/mol. The molecule has 0 atom stereocenters. The van der Waals surface area contributed by atoms with Gasteiger partial charge in [0.05, 0.1) is 26.4 Å². The maximum absolute atomic E-state index is 6.09. The Kier molecular flexibility index (Phi) is 6.45. The molecule has 0 spiro atoms. The number of ether oxygens (including phenoxy) is 2. The molecule has 0 unspecified atom stereocenters. The van der Waals surface area contributed by atoms with Crippen molar-refractivity contribution in [3.05, 3.63) is 71.8 Å². The van der Waals surface area contributed by atoms with Gasteiger partial charge in [-0.2, -0.15) is 0 Å².